The molecule has 0 aliphatic carbocycles. The molecule has 1 aliphatic rings. The lowest BCUT2D eigenvalue weighted by atomic mass is 9.90. The molecule has 1 aromatic carbocycles. The predicted molar refractivity (Wildman–Crippen MR) is 270 cm³/mol. The molecule has 2 rings (SSSR count). The van der Waals surface area contributed by atoms with E-state index in [-0.39, 0.29) is 37.4 Å². The maximum Gasteiger partial charge on any atom is 0.407 e. The molecule has 1 heterocycles. The van der Waals surface area contributed by atoms with E-state index in [1.807, 2.05) is 26.8 Å². The van der Waals surface area contributed by atoms with E-state index in [0.717, 1.165) is 42.6 Å². The number of hydrogen-bond acceptors (Lipinski definition) is 12. The highest BCUT2D eigenvalue weighted by molar-refractivity contribution is 5.96. The smallest absolute Gasteiger partial charge is 0.407 e. The third-order valence-corrected chi connectivity index (χ3v) is 12.9. The van der Waals surface area contributed by atoms with Gasteiger partial charge in [0.25, 0.3) is 5.91 Å². The number of allylic oxidation sites excluding steroid dienone is 1. The number of unbranched alkanes of at least 4 members (excludes halogenated alkanes) is 5. The Kier molecular flexibility index (Phi) is 27.2. The van der Waals surface area contributed by atoms with Gasteiger partial charge < -0.3 is 50.4 Å². The first kappa shape index (κ1) is 61.3. The zero-order chi connectivity index (χ0) is 53.4. The number of nitrogens with one attached hydrogen (secondary N) is 4. The Balaban J connectivity index is 2.66. The molecule has 18 heteroatoms. The summed E-state index contributed by atoms with van der Waals surface area (Å²) in [7, 11) is 2.84. The number of ether oxygens (including phenoxy) is 3. The number of likely N-dealkylation sites (N-methyl/N-ethyl adjacent to an activating group) is 2. The monoisotopic (exact) mass is 997 g/mol. The quantitative estimate of drug-likeness (QED) is 0.0614. The number of alkyl carbamates (subject to hydrolysis) is 1. The van der Waals surface area contributed by atoms with Crippen LogP contribution in [0, 0.1) is 17.8 Å². The van der Waals surface area contributed by atoms with Crippen LogP contribution in [-0.2, 0) is 54.2 Å². The highest BCUT2D eigenvalue weighted by Gasteiger charge is 2.37. The zero-order valence-electron chi connectivity index (χ0n) is 44.3. The van der Waals surface area contributed by atoms with E-state index in [1.165, 1.54) is 45.8 Å². The molecule has 1 aliphatic heterocycles. The molecule has 0 fully saturated rings. The molecule has 18 nitrogen and oxygen atoms in total. The van der Waals surface area contributed by atoms with Crippen LogP contribution in [0.3, 0.4) is 0 Å². The molecular weight excluding hydrogens is 913 g/mol. The van der Waals surface area contributed by atoms with Gasteiger partial charge in [0.15, 0.2) is 6.10 Å². The van der Waals surface area contributed by atoms with Crippen molar-refractivity contribution < 1.29 is 57.7 Å². The van der Waals surface area contributed by atoms with Crippen LogP contribution < -0.4 is 21.3 Å². The summed E-state index contributed by atoms with van der Waals surface area (Å²) in [5, 5.41) is 20.0. The number of hydrogen-bond donors (Lipinski definition) is 5. The third kappa shape index (κ3) is 20.8. The predicted octanol–water partition coefficient (Wildman–Crippen LogP) is 5.30. The van der Waals surface area contributed by atoms with Gasteiger partial charge in [0, 0.05) is 51.6 Å². The Bertz CT molecular complexity index is 1970. The van der Waals surface area contributed by atoms with Gasteiger partial charge in [-0.05, 0) is 76.9 Å². The largest absolute Gasteiger partial charge is 0.456 e. The summed E-state index contributed by atoms with van der Waals surface area (Å²) in [6.45, 7) is 17.0. The number of aliphatic hydroxyl groups is 1. The van der Waals surface area contributed by atoms with Crippen LogP contribution in [0.2, 0.25) is 0 Å². The summed E-state index contributed by atoms with van der Waals surface area (Å²) < 4.78 is 17.9. The average Bonchev–Trinajstić information content (AvgIpc) is 3.33. The summed E-state index contributed by atoms with van der Waals surface area (Å²) in [4.78, 5) is 113. The van der Waals surface area contributed by atoms with Crippen LogP contribution in [0.25, 0.3) is 0 Å². The number of cyclic esters (lactones) is 2. The molecule has 0 radical (unpaired) electrons. The van der Waals surface area contributed by atoms with Gasteiger partial charge in [-0.25, -0.2) is 14.4 Å². The lowest BCUT2D eigenvalue weighted by Crippen LogP contribution is -2.57. The highest BCUT2D eigenvalue weighted by atomic mass is 16.6. The molecule has 9 atom stereocenters. The molecular formula is C53H84N6O12. The minimum atomic E-state index is -1.31. The highest BCUT2D eigenvalue weighted by Crippen LogP contribution is 2.26. The first-order chi connectivity index (χ1) is 33.6. The Labute approximate surface area is 421 Å². The van der Waals surface area contributed by atoms with Crippen molar-refractivity contribution in [1.82, 2.24) is 31.1 Å². The van der Waals surface area contributed by atoms with Crippen LogP contribution in [0.15, 0.2) is 53.6 Å². The normalized spacial score (nSPS) is 25.8. The van der Waals surface area contributed by atoms with Crippen molar-refractivity contribution >= 4 is 47.6 Å². The molecule has 0 saturated heterocycles. The fraction of sp³-hybridized carbons (Fsp3) is 0.660. The van der Waals surface area contributed by atoms with E-state index in [2.05, 4.69) is 21.3 Å². The molecule has 0 spiro atoms. The van der Waals surface area contributed by atoms with Gasteiger partial charge >= 0.3 is 18.0 Å². The topological polar surface area (TPSA) is 239 Å². The van der Waals surface area contributed by atoms with E-state index in [4.69, 9.17) is 19.3 Å². The fourth-order valence-corrected chi connectivity index (χ4v) is 8.01. The maximum atomic E-state index is 14.3. The molecule has 0 aromatic heterocycles. The molecule has 0 unspecified atom stereocenters. The Hall–Kier alpha value is -5.78. The summed E-state index contributed by atoms with van der Waals surface area (Å²) in [5.41, 5.74) is 1.44. The van der Waals surface area contributed by atoms with Gasteiger partial charge in [0.05, 0.1) is 6.54 Å². The number of carbonyl (C=O) groups excluding carboxylic acids is 8. The second kappa shape index (κ2) is 31.5. The molecule has 5 N–H and O–H groups in total. The van der Waals surface area contributed by atoms with E-state index >= 15 is 0 Å². The van der Waals surface area contributed by atoms with Crippen molar-refractivity contribution in [3.63, 3.8) is 0 Å². The molecule has 0 saturated carbocycles. The molecule has 0 bridgehead atoms. The van der Waals surface area contributed by atoms with Crippen LogP contribution in [0.1, 0.15) is 133 Å². The van der Waals surface area contributed by atoms with Crippen LogP contribution in [-0.4, -0.2) is 139 Å². The van der Waals surface area contributed by atoms with E-state index in [9.17, 15) is 38.4 Å². The van der Waals surface area contributed by atoms with Gasteiger partial charge in [0.1, 0.15) is 36.4 Å². The van der Waals surface area contributed by atoms with Gasteiger partial charge in [-0.3, -0.25) is 24.0 Å². The number of carbonyl (C=O) groups is 8. The lowest BCUT2D eigenvalue weighted by Gasteiger charge is -2.33. The zero-order valence-corrected chi connectivity index (χ0v) is 44.3. The molecule has 6 amide bonds. The number of aliphatic hydroxyl groups excluding tert-OH is 1. The molecule has 71 heavy (non-hydrogen) atoms. The number of amides is 6. The van der Waals surface area contributed by atoms with Crippen molar-refractivity contribution in [3.05, 3.63) is 59.2 Å². The van der Waals surface area contributed by atoms with Crippen LogP contribution >= 0.6 is 0 Å². The molecule has 398 valence electrons. The van der Waals surface area contributed by atoms with Crippen molar-refractivity contribution in [1.29, 1.82) is 0 Å². The Morgan fingerprint density at radius 2 is 1.49 bits per heavy atom. The minimum absolute atomic E-state index is 0.0367. The maximum absolute atomic E-state index is 14.3. The van der Waals surface area contributed by atoms with Gasteiger partial charge in [-0.1, -0.05) is 109 Å². The van der Waals surface area contributed by atoms with Crippen LogP contribution in [0.4, 0.5) is 4.79 Å². The number of esters is 2. The third-order valence-electron chi connectivity index (χ3n) is 12.9. The van der Waals surface area contributed by atoms with Crippen molar-refractivity contribution in [2.24, 2.45) is 17.8 Å². The minimum Gasteiger partial charge on any atom is -0.456 e. The summed E-state index contributed by atoms with van der Waals surface area (Å²) >= 11 is 0. The van der Waals surface area contributed by atoms with Crippen molar-refractivity contribution in [3.8, 4) is 0 Å². The second-order valence-electron chi connectivity index (χ2n) is 19.4. The van der Waals surface area contributed by atoms with Gasteiger partial charge in [-0.2, -0.15) is 0 Å². The van der Waals surface area contributed by atoms with E-state index < -0.39 is 108 Å². The number of rotatable bonds is 16. The van der Waals surface area contributed by atoms with E-state index in [0.29, 0.717) is 25.0 Å². The molecule has 1 aromatic rings. The van der Waals surface area contributed by atoms with Crippen molar-refractivity contribution in [2.45, 2.75) is 176 Å². The number of benzene rings is 1. The Morgan fingerprint density at radius 3 is 2.10 bits per heavy atom. The first-order valence-corrected chi connectivity index (χ1v) is 25.3. The van der Waals surface area contributed by atoms with Gasteiger partial charge in [0.2, 0.25) is 23.6 Å². The van der Waals surface area contributed by atoms with Crippen LogP contribution in [0.5, 0.6) is 0 Å². The van der Waals surface area contributed by atoms with E-state index in [1.54, 1.807) is 58.0 Å². The first-order valence-electron chi connectivity index (χ1n) is 25.3. The number of nitrogens with zero attached hydrogens (tertiary/aromatic N) is 2. The average molecular weight is 997 g/mol. The lowest BCUT2D eigenvalue weighted by molar-refractivity contribution is -0.155. The summed E-state index contributed by atoms with van der Waals surface area (Å²) in [6.07, 6.45) is 5.04. The van der Waals surface area contributed by atoms with Crippen molar-refractivity contribution in [2.75, 3.05) is 33.8 Å². The Morgan fingerprint density at radius 1 is 0.873 bits per heavy atom. The van der Waals surface area contributed by atoms with Gasteiger partial charge in [-0.15, -0.1) is 0 Å². The summed E-state index contributed by atoms with van der Waals surface area (Å²) in [6, 6.07) is 4.35. The SMILES string of the molecule is C/C=C(\C)[C@H]1OC(=O)[C@@H](C)NC(=O)[C@H]([C@H](C)CC)NC(=O)CN(C)C(=O)[C@@H](Cc2ccccc2)N(C)C(=O)[C@H](C)NC(=O)[C@@H](CC(C)C)OC(=O)/C(C)=C\C[C@H](OC(=O)NCCCCCCCCO)[C@@H]1C. The standard InChI is InChI=1S/C53H84N6O12/c1-13-34(5)45-48(63)56-39(10)52(67)71-46(35(6)14-2)37(8)42(70-53(68)54-28-22-17-15-16-18-23-29-60)27-26-36(7)51(66)69-43(30-33(3)4)47(62)55-38(9)49(64)59(12)41(31-40-24-20-19-21-25-40)50(65)58(11)32-44(61)57-45/h14,19-21,24-26,33-34,37-39,41-43,45-46,60H,13,15-18,22-23,27-32H2,1-12H3,(H,54,68)(H,55,62)(H,56,63)(H,57,61)/b35-14+,36-26-/t34-,37+,38+,39-,41-,42+,43-,45+,46-/m1/s1. The fourth-order valence-electron chi connectivity index (χ4n) is 8.01. The summed E-state index contributed by atoms with van der Waals surface area (Å²) in [5.74, 6) is -6.13. The second-order valence-corrected chi connectivity index (χ2v) is 19.4.